The highest BCUT2D eigenvalue weighted by Crippen LogP contribution is 2.25. The number of rotatable bonds is 5. The van der Waals surface area contributed by atoms with Crippen molar-refractivity contribution >= 4 is 17.4 Å². The van der Waals surface area contributed by atoms with Crippen LogP contribution < -0.4 is 5.73 Å². The van der Waals surface area contributed by atoms with Gasteiger partial charge in [0.1, 0.15) is 5.82 Å². The van der Waals surface area contributed by atoms with Crippen LogP contribution in [-0.2, 0) is 6.54 Å². The molecule has 1 fully saturated rings. The number of nitrogens with two attached hydrogens (primary N) is 1. The second-order valence-electron chi connectivity index (χ2n) is 5.15. The molecule has 0 radical (unpaired) electrons. The van der Waals surface area contributed by atoms with Gasteiger partial charge in [-0.25, -0.2) is 4.98 Å². The Morgan fingerprint density at radius 2 is 2.05 bits per heavy atom. The lowest BCUT2D eigenvalue weighted by Gasteiger charge is -2.33. The summed E-state index contributed by atoms with van der Waals surface area (Å²) >= 11 is 6.17. The van der Waals surface area contributed by atoms with Crippen LogP contribution in [0, 0.1) is 0 Å². The summed E-state index contributed by atoms with van der Waals surface area (Å²) in [7, 11) is 0. The van der Waals surface area contributed by atoms with E-state index in [2.05, 4.69) is 9.88 Å². The number of aromatic nitrogens is 1. The topological polar surface area (TPSA) is 62.4 Å². The third-order valence-electron chi connectivity index (χ3n) is 3.77. The number of pyridine rings is 1. The van der Waals surface area contributed by atoms with Gasteiger partial charge < -0.3 is 10.8 Å². The van der Waals surface area contributed by atoms with Crippen molar-refractivity contribution in [2.45, 2.75) is 44.7 Å². The summed E-state index contributed by atoms with van der Waals surface area (Å²) in [6.07, 6.45) is 6.25. The lowest BCUT2D eigenvalue weighted by atomic mass is 9.94. The summed E-state index contributed by atoms with van der Waals surface area (Å²) in [6, 6.07) is 4.03. The number of halogens is 1. The highest BCUT2D eigenvalue weighted by molar-refractivity contribution is 6.31. The lowest BCUT2D eigenvalue weighted by Crippen LogP contribution is -2.38. The van der Waals surface area contributed by atoms with Crippen LogP contribution in [0.2, 0.25) is 5.02 Å². The van der Waals surface area contributed by atoms with Gasteiger partial charge in [-0.15, -0.1) is 0 Å². The maximum absolute atomic E-state index is 9.25. The van der Waals surface area contributed by atoms with Crippen molar-refractivity contribution < 1.29 is 5.11 Å². The first kappa shape index (κ1) is 14.6. The van der Waals surface area contributed by atoms with Gasteiger partial charge in [0, 0.05) is 19.1 Å². The molecule has 0 aromatic carbocycles. The van der Waals surface area contributed by atoms with Crippen LogP contribution in [-0.4, -0.2) is 34.2 Å². The minimum Gasteiger partial charge on any atom is -0.395 e. The quantitative estimate of drug-likeness (QED) is 0.871. The fraction of sp³-hybridized carbons (Fsp3) is 0.643. The smallest absolute Gasteiger partial charge is 0.123 e. The third kappa shape index (κ3) is 4.06. The molecule has 2 rings (SSSR count). The van der Waals surface area contributed by atoms with Gasteiger partial charge in [-0.3, -0.25) is 4.90 Å². The average Bonchev–Trinajstić information content (AvgIpc) is 2.43. The standard InChI is InChI=1S/C14H22ClN3O/c15-12-6-7-14(16)17-13(12)10-18(8-9-19)11-4-2-1-3-5-11/h6-7,11,19H,1-5,8-10H2,(H2,16,17). The Bertz CT molecular complexity index is 408. The summed E-state index contributed by atoms with van der Waals surface area (Å²) in [5.41, 5.74) is 6.52. The minimum atomic E-state index is 0.163. The third-order valence-corrected chi connectivity index (χ3v) is 4.12. The molecule has 0 aliphatic heterocycles. The van der Waals surface area contributed by atoms with Crippen LogP contribution in [0.15, 0.2) is 12.1 Å². The van der Waals surface area contributed by atoms with Gasteiger partial charge in [-0.2, -0.15) is 0 Å². The molecule has 0 saturated heterocycles. The zero-order valence-electron chi connectivity index (χ0n) is 11.2. The van der Waals surface area contributed by atoms with E-state index in [1.165, 1.54) is 32.1 Å². The summed E-state index contributed by atoms with van der Waals surface area (Å²) in [4.78, 5) is 6.60. The van der Waals surface area contributed by atoms with Crippen LogP contribution in [0.25, 0.3) is 0 Å². The SMILES string of the molecule is Nc1ccc(Cl)c(CN(CCO)C2CCCCC2)n1. The van der Waals surface area contributed by atoms with E-state index < -0.39 is 0 Å². The summed E-state index contributed by atoms with van der Waals surface area (Å²) in [5.74, 6) is 0.493. The van der Waals surface area contributed by atoms with Gasteiger partial charge in [0.25, 0.3) is 0 Å². The molecule has 3 N–H and O–H groups in total. The van der Waals surface area contributed by atoms with E-state index in [-0.39, 0.29) is 6.61 Å². The first-order valence-electron chi connectivity index (χ1n) is 6.96. The van der Waals surface area contributed by atoms with Gasteiger partial charge >= 0.3 is 0 Å². The molecule has 0 amide bonds. The van der Waals surface area contributed by atoms with Gasteiger partial charge in [-0.1, -0.05) is 30.9 Å². The van der Waals surface area contributed by atoms with Crippen molar-refractivity contribution in [3.63, 3.8) is 0 Å². The Hall–Kier alpha value is -0.840. The lowest BCUT2D eigenvalue weighted by molar-refractivity contribution is 0.116. The van der Waals surface area contributed by atoms with Crippen molar-refractivity contribution in [2.75, 3.05) is 18.9 Å². The van der Waals surface area contributed by atoms with Gasteiger partial charge in [0.2, 0.25) is 0 Å². The van der Waals surface area contributed by atoms with Crippen LogP contribution in [0.3, 0.4) is 0 Å². The minimum absolute atomic E-state index is 0.163. The molecule has 0 spiro atoms. The average molecular weight is 284 g/mol. The van der Waals surface area contributed by atoms with Crippen molar-refractivity contribution in [3.05, 3.63) is 22.8 Å². The monoisotopic (exact) mass is 283 g/mol. The summed E-state index contributed by atoms with van der Waals surface area (Å²) in [6.45, 7) is 1.49. The maximum atomic E-state index is 9.25. The Morgan fingerprint density at radius 1 is 1.32 bits per heavy atom. The summed E-state index contributed by atoms with van der Waals surface area (Å²) in [5, 5.41) is 9.90. The first-order chi connectivity index (χ1) is 9.20. The Labute approximate surface area is 119 Å². The predicted molar refractivity (Wildman–Crippen MR) is 78.0 cm³/mol. The molecule has 1 aliphatic rings. The zero-order chi connectivity index (χ0) is 13.7. The zero-order valence-corrected chi connectivity index (χ0v) is 11.9. The Balaban J connectivity index is 2.08. The number of nitrogens with zero attached hydrogens (tertiary/aromatic N) is 2. The molecule has 0 unspecified atom stereocenters. The van der Waals surface area contributed by atoms with Crippen LogP contribution >= 0.6 is 11.6 Å². The second kappa shape index (κ2) is 7.08. The largest absolute Gasteiger partial charge is 0.395 e. The number of aliphatic hydroxyl groups excluding tert-OH is 1. The Kier molecular flexibility index (Phi) is 5.43. The molecule has 1 aromatic heterocycles. The van der Waals surface area contributed by atoms with E-state index >= 15 is 0 Å². The van der Waals surface area contributed by atoms with Crippen molar-refractivity contribution in [3.8, 4) is 0 Å². The highest BCUT2D eigenvalue weighted by Gasteiger charge is 2.22. The number of hydrogen-bond acceptors (Lipinski definition) is 4. The van der Waals surface area contributed by atoms with Crippen molar-refractivity contribution in [1.82, 2.24) is 9.88 Å². The van der Waals surface area contributed by atoms with E-state index in [1.54, 1.807) is 12.1 Å². The van der Waals surface area contributed by atoms with E-state index in [4.69, 9.17) is 17.3 Å². The number of nitrogen functional groups attached to an aromatic ring is 1. The van der Waals surface area contributed by atoms with Crippen molar-refractivity contribution in [2.24, 2.45) is 0 Å². The summed E-state index contributed by atoms with van der Waals surface area (Å²) < 4.78 is 0. The highest BCUT2D eigenvalue weighted by atomic mass is 35.5. The van der Waals surface area contributed by atoms with Crippen LogP contribution in [0.4, 0.5) is 5.82 Å². The molecular weight excluding hydrogens is 262 g/mol. The molecular formula is C14H22ClN3O. The predicted octanol–water partition coefficient (Wildman–Crippen LogP) is 2.44. The van der Waals surface area contributed by atoms with Crippen LogP contribution in [0.1, 0.15) is 37.8 Å². The normalized spacial score (nSPS) is 17.0. The maximum Gasteiger partial charge on any atom is 0.123 e. The van der Waals surface area contributed by atoms with E-state index in [1.807, 2.05) is 0 Å². The number of anilines is 1. The molecule has 1 aromatic rings. The van der Waals surface area contributed by atoms with Gasteiger partial charge in [0.05, 0.1) is 17.3 Å². The molecule has 0 atom stereocenters. The fourth-order valence-electron chi connectivity index (χ4n) is 2.77. The van der Waals surface area contributed by atoms with Gasteiger partial charge in [0.15, 0.2) is 0 Å². The molecule has 106 valence electrons. The Morgan fingerprint density at radius 3 is 2.74 bits per heavy atom. The number of aliphatic hydroxyl groups is 1. The van der Waals surface area contributed by atoms with Crippen LogP contribution in [0.5, 0.6) is 0 Å². The molecule has 1 saturated carbocycles. The molecule has 0 bridgehead atoms. The molecule has 1 heterocycles. The molecule has 1 aliphatic carbocycles. The number of hydrogen-bond donors (Lipinski definition) is 2. The molecule has 4 nitrogen and oxygen atoms in total. The second-order valence-corrected chi connectivity index (χ2v) is 5.56. The molecule has 19 heavy (non-hydrogen) atoms. The van der Waals surface area contributed by atoms with E-state index in [0.717, 1.165) is 5.69 Å². The first-order valence-corrected chi connectivity index (χ1v) is 7.34. The van der Waals surface area contributed by atoms with Crippen molar-refractivity contribution in [1.29, 1.82) is 0 Å². The van der Waals surface area contributed by atoms with Gasteiger partial charge in [-0.05, 0) is 25.0 Å². The molecule has 5 heteroatoms. The fourth-order valence-corrected chi connectivity index (χ4v) is 2.93. The van der Waals surface area contributed by atoms with E-state index in [9.17, 15) is 5.11 Å². The van der Waals surface area contributed by atoms with E-state index in [0.29, 0.717) is 30.0 Å².